The lowest BCUT2D eigenvalue weighted by Crippen LogP contribution is -2.62. The molecule has 10 heteroatoms. The van der Waals surface area contributed by atoms with Crippen molar-refractivity contribution >= 4 is 23.5 Å². The number of primary amides is 1. The first kappa shape index (κ1) is 36.0. The third kappa shape index (κ3) is 9.16. The SMILES string of the molecule is CC(C)[C@@H]1C[C@@H](C(=O)NC(CC2CC2)C(=O)C(N)=O)N(C(=O)[C@@H](NCNC2(C(O)Cc3ccccc3)CCCCC2)C(C)(C)C)C1. The van der Waals surface area contributed by atoms with Crippen molar-refractivity contribution in [2.75, 3.05) is 13.2 Å². The number of benzene rings is 1. The number of aliphatic hydroxyl groups is 1. The number of aliphatic hydroxyl groups excluding tert-OH is 1. The summed E-state index contributed by atoms with van der Waals surface area (Å²) in [7, 11) is 0. The normalized spacial score (nSPS) is 23.5. The van der Waals surface area contributed by atoms with Crippen molar-refractivity contribution in [1.82, 2.24) is 20.9 Å². The van der Waals surface area contributed by atoms with Gasteiger partial charge in [0.2, 0.25) is 17.6 Å². The first-order valence-corrected chi connectivity index (χ1v) is 17.4. The summed E-state index contributed by atoms with van der Waals surface area (Å²) in [6, 6.07) is 7.70. The molecular formula is C36H57N5O5. The molecule has 0 bridgehead atoms. The Morgan fingerprint density at radius 1 is 1.04 bits per heavy atom. The molecule has 1 heterocycles. The molecule has 1 saturated heterocycles. The Labute approximate surface area is 275 Å². The highest BCUT2D eigenvalue weighted by atomic mass is 16.3. The van der Waals surface area contributed by atoms with Gasteiger partial charge >= 0.3 is 0 Å². The van der Waals surface area contributed by atoms with Crippen LogP contribution >= 0.6 is 0 Å². The maximum absolute atomic E-state index is 14.4. The lowest BCUT2D eigenvalue weighted by atomic mass is 9.76. The molecule has 0 spiro atoms. The van der Waals surface area contributed by atoms with Crippen molar-refractivity contribution in [2.45, 2.75) is 129 Å². The van der Waals surface area contributed by atoms with E-state index in [0.29, 0.717) is 38.4 Å². The molecule has 10 nitrogen and oxygen atoms in total. The molecule has 6 N–H and O–H groups in total. The topological polar surface area (TPSA) is 154 Å². The molecular weight excluding hydrogens is 582 g/mol. The van der Waals surface area contributed by atoms with Gasteiger partial charge in [0.05, 0.1) is 18.2 Å². The number of ketones is 1. The number of likely N-dealkylation sites (tertiary alicyclic amines) is 1. The Bertz CT molecular complexity index is 1200. The molecule has 3 amide bonds. The molecule has 3 aliphatic rings. The fourth-order valence-electron chi connectivity index (χ4n) is 7.30. The fourth-order valence-corrected chi connectivity index (χ4v) is 7.30. The summed E-state index contributed by atoms with van der Waals surface area (Å²) >= 11 is 0. The van der Waals surface area contributed by atoms with E-state index in [1.54, 1.807) is 4.90 Å². The molecule has 0 radical (unpaired) electrons. The number of Topliss-reactive ketones (excluding diaryl/α,β-unsaturated/α-hetero) is 1. The van der Waals surface area contributed by atoms with Crippen LogP contribution in [0, 0.1) is 23.2 Å². The van der Waals surface area contributed by atoms with Gasteiger partial charge in [0.15, 0.2) is 0 Å². The predicted octanol–water partition coefficient (Wildman–Crippen LogP) is 3.06. The van der Waals surface area contributed by atoms with Crippen molar-refractivity contribution in [3.05, 3.63) is 35.9 Å². The third-order valence-corrected chi connectivity index (χ3v) is 10.5. The zero-order valence-corrected chi connectivity index (χ0v) is 28.5. The first-order valence-electron chi connectivity index (χ1n) is 17.4. The van der Waals surface area contributed by atoms with Gasteiger partial charge in [-0.3, -0.25) is 29.8 Å². The maximum atomic E-state index is 14.4. The number of nitrogens with two attached hydrogens (primary N) is 1. The van der Waals surface area contributed by atoms with Crippen molar-refractivity contribution in [3.8, 4) is 0 Å². The summed E-state index contributed by atoms with van der Waals surface area (Å²) in [4.78, 5) is 54.2. The Morgan fingerprint density at radius 2 is 1.70 bits per heavy atom. The van der Waals surface area contributed by atoms with Crippen LogP contribution in [-0.2, 0) is 25.6 Å². The highest BCUT2D eigenvalue weighted by Crippen LogP contribution is 2.36. The van der Waals surface area contributed by atoms with Crippen LogP contribution in [0.4, 0.5) is 0 Å². The van der Waals surface area contributed by atoms with Crippen molar-refractivity contribution in [2.24, 2.45) is 28.9 Å². The largest absolute Gasteiger partial charge is 0.391 e. The van der Waals surface area contributed by atoms with Gasteiger partial charge in [-0.2, -0.15) is 0 Å². The molecule has 1 aromatic carbocycles. The smallest absolute Gasteiger partial charge is 0.287 e. The highest BCUT2D eigenvalue weighted by molar-refractivity contribution is 6.37. The number of carbonyl (C=O) groups excluding carboxylic acids is 4. The van der Waals surface area contributed by atoms with Gasteiger partial charge in [-0.05, 0) is 54.4 Å². The first-order chi connectivity index (χ1) is 21.7. The summed E-state index contributed by atoms with van der Waals surface area (Å²) < 4.78 is 0. The second-order valence-electron chi connectivity index (χ2n) is 15.5. The fraction of sp³-hybridized carbons (Fsp3) is 0.722. The van der Waals surface area contributed by atoms with Crippen molar-refractivity contribution in [3.63, 3.8) is 0 Å². The van der Waals surface area contributed by atoms with E-state index in [-0.39, 0.29) is 17.7 Å². The van der Waals surface area contributed by atoms with E-state index in [4.69, 9.17) is 5.73 Å². The van der Waals surface area contributed by atoms with E-state index < -0.39 is 52.8 Å². The molecule has 2 aliphatic carbocycles. The van der Waals surface area contributed by atoms with Gasteiger partial charge in [-0.15, -0.1) is 0 Å². The van der Waals surface area contributed by atoms with E-state index in [0.717, 1.165) is 50.5 Å². The molecule has 0 aromatic heterocycles. The molecule has 2 saturated carbocycles. The van der Waals surface area contributed by atoms with Gasteiger partial charge in [-0.1, -0.05) is 97.1 Å². The van der Waals surface area contributed by atoms with Gasteiger partial charge < -0.3 is 21.1 Å². The Morgan fingerprint density at radius 3 is 2.26 bits per heavy atom. The number of hydrogen-bond donors (Lipinski definition) is 5. The van der Waals surface area contributed by atoms with Crippen LogP contribution in [-0.4, -0.2) is 76.5 Å². The molecule has 4 rings (SSSR count). The van der Waals surface area contributed by atoms with Gasteiger partial charge in [0.1, 0.15) is 6.04 Å². The summed E-state index contributed by atoms with van der Waals surface area (Å²) in [5.74, 6) is -1.76. The van der Waals surface area contributed by atoms with Crippen LogP contribution in [0.15, 0.2) is 30.3 Å². The standard InChI is InChI=1S/C36H57N5O5/c1-23(2)26-20-28(33(45)40-27(18-25-14-15-25)30(43)32(37)44)41(21-26)34(46)31(35(3,4)5)38-22-39-36(16-10-7-11-17-36)29(42)19-24-12-8-6-9-13-24/h6,8-9,12-13,23,25-29,31,38-39,42H,7,10-11,14-22H2,1-5H3,(H2,37,44)(H,40,45)/t26-,27?,28+,29?,31-/m1/s1. The van der Waals surface area contributed by atoms with Crippen molar-refractivity contribution in [1.29, 1.82) is 0 Å². The number of carbonyl (C=O) groups is 4. The summed E-state index contributed by atoms with van der Waals surface area (Å²) in [5, 5.41) is 21.4. The Kier molecular flexibility index (Phi) is 12.1. The Balaban J connectivity index is 1.48. The number of hydrogen-bond acceptors (Lipinski definition) is 7. The van der Waals surface area contributed by atoms with Crippen LogP contribution in [0.5, 0.6) is 0 Å². The molecule has 256 valence electrons. The third-order valence-electron chi connectivity index (χ3n) is 10.5. The molecule has 46 heavy (non-hydrogen) atoms. The van der Waals surface area contributed by atoms with E-state index in [1.165, 1.54) is 0 Å². The molecule has 1 aliphatic heterocycles. The molecule has 1 aromatic rings. The van der Waals surface area contributed by atoms with E-state index in [1.807, 2.05) is 51.1 Å². The minimum Gasteiger partial charge on any atom is -0.391 e. The second kappa shape index (κ2) is 15.4. The zero-order valence-electron chi connectivity index (χ0n) is 28.5. The van der Waals surface area contributed by atoms with Crippen LogP contribution in [0.1, 0.15) is 98.0 Å². The van der Waals surface area contributed by atoms with Gasteiger partial charge in [-0.25, -0.2) is 0 Å². The quantitative estimate of drug-likeness (QED) is 0.146. The second-order valence-corrected chi connectivity index (χ2v) is 15.5. The number of amides is 3. The minimum atomic E-state index is -1.06. The van der Waals surface area contributed by atoms with Crippen molar-refractivity contribution < 1.29 is 24.3 Å². The van der Waals surface area contributed by atoms with Gasteiger partial charge in [0.25, 0.3) is 5.91 Å². The van der Waals surface area contributed by atoms with Crippen LogP contribution in [0.2, 0.25) is 0 Å². The monoisotopic (exact) mass is 639 g/mol. The average molecular weight is 640 g/mol. The molecule has 5 atom stereocenters. The maximum Gasteiger partial charge on any atom is 0.287 e. The lowest BCUT2D eigenvalue weighted by Gasteiger charge is -2.43. The van der Waals surface area contributed by atoms with E-state index in [9.17, 15) is 24.3 Å². The predicted molar refractivity (Wildman–Crippen MR) is 178 cm³/mol. The average Bonchev–Trinajstić information content (AvgIpc) is 3.71. The van der Waals surface area contributed by atoms with Crippen LogP contribution in [0.25, 0.3) is 0 Å². The lowest BCUT2D eigenvalue weighted by molar-refractivity contribution is -0.143. The van der Waals surface area contributed by atoms with Gasteiger partial charge in [0, 0.05) is 25.2 Å². The number of nitrogens with zero attached hydrogens (tertiary/aromatic N) is 1. The molecule has 2 unspecified atom stereocenters. The summed E-state index contributed by atoms with van der Waals surface area (Å²) in [5.41, 5.74) is 5.47. The molecule has 3 fully saturated rings. The highest BCUT2D eigenvalue weighted by Gasteiger charge is 2.46. The zero-order chi connectivity index (χ0) is 33.6. The van der Waals surface area contributed by atoms with E-state index in [2.05, 4.69) is 29.8 Å². The Hall–Kier alpha value is -2.82. The number of nitrogens with one attached hydrogen (secondary N) is 3. The number of rotatable bonds is 15. The summed E-state index contributed by atoms with van der Waals surface area (Å²) in [6.07, 6.45) is 7.67. The van der Waals surface area contributed by atoms with E-state index >= 15 is 0 Å². The van der Waals surface area contributed by atoms with Crippen LogP contribution < -0.4 is 21.7 Å². The van der Waals surface area contributed by atoms with Crippen LogP contribution in [0.3, 0.4) is 0 Å². The summed E-state index contributed by atoms with van der Waals surface area (Å²) in [6.45, 7) is 11.0. The minimum absolute atomic E-state index is 0.116.